The molecule has 0 unspecified atom stereocenters. The van der Waals surface area contributed by atoms with Gasteiger partial charge in [0.25, 0.3) is 0 Å². The van der Waals surface area contributed by atoms with Gasteiger partial charge in [-0.2, -0.15) is 0 Å². The van der Waals surface area contributed by atoms with Crippen molar-refractivity contribution in [3.8, 4) is 5.75 Å². The molecule has 0 amide bonds. The molecule has 0 fully saturated rings. The van der Waals surface area contributed by atoms with Gasteiger partial charge in [-0.25, -0.2) is 8.78 Å². The molecule has 0 saturated carbocycles. The van der Waals surface area contributed by atoms with Crippen molar-refractivity contribution in [2.24, 2.45) is 5.73 Å². The van der Waals surface area contributed by atoms with Gasteiger partial charge >= 0.3 is 0 Å². The maximum Gasteiger partial charge on any atom is 0.165 e. The number of halogens is 2. The summed E-state index contributed by atoms with van der Waals surface area (Å²) in [5, 5.41) is 0. The average Bonchev–Trinajstić information content (AvgIpc) is 2.78. The van der Waals surface area contributed by atoms with E-state index in [1.54, 1.807) is 6.07 Å². The maximum atomic E-state index is 13.2. The van der Waals surface area contributed by atoms with Gasteiger partial charge in [-0.05, 0) is 18.2 Å². The van der Waals surface area contributed by atoms with Crippen molar-refractivity contribution in [2.75, 3.05) is 0 Å². The molecular formula is C12H11F2NO2. The highest BCUT2D eigenvalue weighted by Gasteiger charge is 2.07. The first-order chi connectivity index (χ1) is 8.19. The van der Waals surface area contributed by atoms with Crippen LogP contribution < -0.4 is 10.5 Å². The molecule has 2 rings (SSSR count). The monoisotopic (exact) mass is 239 g/mol. The van der Waals surface area contributed by atoms with E-state index < -0.39 is 11.6 Å². The van der Waals surface area contributed by atoms with E-state index in [0.717, 1.165) is 23.8 Å². The van der Waals surface area contributed by atoms with Gasteiger partial charge in [0.2, 0.25) is 0 Å². The number of hydrogen-bond donors (Lipinski definition) is 1. The van der Waals surface area contributed by atoms with Crippen LogP contribution in [0.1, 0.15) is 11.3 Å². The van der Waals surface area contributed by atoms with E-state index in [1.165, 1.54) is 6.26 Å². The molecule has 1 heterocycles. The van der Waals surface area contributed by atoms with Crippen molar-refractivity contribution in [3.63, 3.8) is 0 Å². The fraction of sp³-hybridized carbons (Fsp3) is 0.167. The quantitative estimate of drug-likeness (QED) is 0.892. The smallest absolute Gasteiger partial charge is 0.165 e. The first kappa shape index (κ1) is 11.6. The fourth-order valence-electron chi connectivity index (χ4n) is 1.35. The zero-order valence-corrected chi connectivity index (χ0v) is 8.95. The summed E-state index contributed by atoms with van der Waals surface area (Å²) in [7, 11) is 0. The van der Waals surface area contributed by atoms with E-state index in [-0.39, 0.29) is 12.4 Å². The Morgan fingerprint density at radius 1 is 1.24 bits per heavy atom. The normalized spacial score (nSPS) is 10.5. The van der Waals surface area contributed by atoms with E-state index in [9.17, 15) is 8.78 Å². The molecule has 0 aliphatic rings. The molecule has 0 spiro atoms. The summed E-state index contributed by atoms with van der Waals surface area (Å²) in [5.74, 6) is -0.801. The van der Waals surface area contributed by atoms with Gasteiger partial charge in [-0.3, -0.25) is 0 Å². The van der Waals surface area contributed by atoms with Gasteiger partial charge in [0.1, 0.15) is 18.2 Å². The van der Waals surface area contributed by atoms with Gasteiger partial charge in [-0.1, -0.05) is 0 Å². The summed E-state index contributed by atoms with van der Waals surface area (Å²) in [6, 6.07) is 4.74. The predicted octanol–water partition coefficient (Wildman–Crippen LogP) is 2.60. The van der Waals surface area contributed by atoms with Crippen LogP contribution in [0.3, 0.4) is 0 Å². The lowest BCUT2D eigenvalue weighted by molar-refractivity contribution is 0.257. The van der Waals surface area contributed by atoms with Crippen molar-refractivity contribution in [1.82, 2.24) is 0 Å². The Morgan fingerprint density at radius 3 is 2.76 bits per heavy atom. The summed E-state index contributed by atoms with van der Waals surface area (Å²) in [5.41, 5.74) is 6.23. The first-order valence-corrected chi connectivity index (χ1v) is 5.03. The van der Waals surface area contributed by atoms with E-state index in [1.807, 2.05) is 0 Å². The van der Waals surface area contributed by atoms with E-state index >= 15 is 0 Å². The third-order valence-electron chi connectivity index (χ3n) is 2.21. The van der Waals surface area contributed by atoms with Crippen LogP contribution in [0, 0.1) is 11.6 Å². The summed E-state index contributed by atoms with van der Waals surface area (Å²) < 4.78 is 36.3. The number of furan rings is 1. The van der Waals surface area contributed by atoms with Crippen LogP contribution in [0.4, 0.5) is 8.78 Å². The molecular weight excluding hydrogens is 228 g/mol. The second kappa shape index (κ2) is 4.97. The molecule has 17 heavy (non-hydrogen) atoms. The number of ether oxygens (including phenoxy) is 1. The highest BCUT2D eigenvalue weighted by atomic mass is 19.1. The number of hydrogen-bond acceptors (Lipinski definition) is 3. The van der Waals surface area contributed by atoms with Crippen LogP contribution in [0.15, 0.2) is 34.9 Å². The molecule has 2 aromatic rings. The van der Waals surface area contributed by atoms with Gasteiger partial charge in [0, 0.05) is 18.2 Å². The minimum atomic E-state index is -0.614. The Kier molecular flexibility index (Phi) is 3.39. The predicted molar refractivity (Wildman–Crippen MR) is 57.3 cm³/mol. The first-order valence-electron chi connectivity index (χ1n) is 5.03. The summed E-state index contributed by atoms with van der Waals surface area (Å²) >= 11 is 0. The Hall–Kier alpha value is -1.88. The Balaban J connectivity index is 2.04. The van der Waals surface area contributed by atoms with Gasteiger partial charge in [0.05, 0.1) is 6.26 Å². The minimum absolute atomic E-state index is 0.0281. The summed E-state index contributed by atoms with van der Waals surface area (Å²) in [4.78, 5) is 0. The highest BCUT2D eigenvalue weighted by molar-refractivity contribution is 5.25. The SMILES string of the molecule is NCc1coc(COc2cc(F)ccc2F)c1. The third-order valence-corrected chi connectivity index (χ3v) is 2.21. The van der Waals surface area contributed by atoms with Crippen molar-refractivity contribution >= 4 is 0 Å². The van der Waals surface area contributed by atoms with Crippen LogP contribution >= 0.6 is 0 Å². The van der Waals surface area contributed by atoms with Crippen LogP contribution in [-0.4, -0.2) is 0 Å². The highest BCUT2D eigenvalue weighted by Crippen LogP contribution is 2.19. The number of benzene rings is 1. The molecule has 90 valence electrons. The molecule has 3 nitrogen and oxygen atoms in total. The Morgan fingerprint density at radius 2 is 2.06 bits per heavy atom. The van der Waals surface area contributed by atoms with E-state index in [4.69, 9.17) is 14.9 Å². The second-order valence-electron chi connectivity index (χ2n) is 3.49. The molecule has 5 heteroatoms. The van der Waals surface area contributed by atoms with Crippen LogP contribution in [0.5, 0.6) is 5.75 Å². The molecule has 2 N–H and O–H groups in total. The van der Waals surface area contributed by atoms with Crippen LogP contribution in [0.2, 0.25) is 0 Å². The van der Waals surface area contributed by atoms with Gasteiger partial charge in [-0.15, -0.1) is 0 Å². The number of nitrogens with two attached hydrogens (primary N) is 1. The molecule has 0 saturated heterocycles. The van der Waals surface area contributed by atoms with E-state index in [2.05, 4.69) is 0 Å². The molecule has 0 bridgehead atoms. The standard InChI is InChI=1S/C12H11F2NO2/c13-9-1-2-11(14)12(4-9)17-7-10-3-8(5-15)6-16-10/h1-4,6H,5,7,15H2. The lowest BCUT2D eigenvalue weighted by Crippen LogP contribution is -1.97. The molecule has 1 aromatic carbocycles. The lowest BCUT2D eigenvalue weighted by atomic mass is 10.3. The fourth-order valence-corrected chi connectivity index (χ4v) is 1.35. The molecule has 0 atom stereocenters. The van der Waals surface area contributed by atoms with E-state index in [0.29, 0.717) is 12.3 Å². The Labute approximate surface area is 96.8 Å². The zero-order valence-electron chi connectivity index (χ0n) is 8.95. The number of rotatable bonds is 4. The molecule has 0 radical (unpaired) electrons. The van der Waals surface area contributed by atoms with Gasteiger partial charge < -0.3 is 14.9 Å². The Bertz CT molecular complexity index is 511. The minimum Gasteiger partial charge on any atom is -0.482 e. The van der Waals surface area contributed by atoms with Crippen molar-refractivity contribution in [1.29, 1.82) is 0 Å². The van der Waals surface area contributed by atoms with Crippen LogP contribution in [-0.2, 0) is 13.2 Å². The van der Waals surface area contributed by atoms with Crippen LogP contribution in [0.25, 0.3) is 0 Å². The maximum absolute atomic E-state index is 13.2. The summed E-state index contributed by atoms with van der Waals surface area (Å²) in [6.07, 6.45) is 1.50. The third kappa shape index (κ3) is 2.82. The zero-order chi connectivity index (χ0) is 12.3. The second-order valence-corrected chi connectivity index (χ2v) is 3.49. The average molecular weight is 239 g/mol. The molecule has 0 aliphatic heterocycles. The van der Waals surface area contributed by atoms with Crippen molar-refractivity contribution in [2.45, 2.75) is 13.2 Å². The van der Waals surface area contributed by atoms with Crippen molar-refractivity contribution in [3.05, 3.63) is 53.5 Å². The largest absolute Gasteiger partial charge is 0.482 e. The molecule has 1 aromatic heterocycles. The lowest BCUT2D eigenvalue weighted by Gasteiger charge is -2.05. The topological polar surface area (TPSA) is 48.4 Å². The molecule has 0 aliphatic carbocycles. The summed E-state index contributed by atoms with van der Waals surface area (Å²) in [6.45, 7) is 0.387. The van der Waals surface area contributed by atoms with Gasteiger partial charge in [0.15, 0.2) is 11.6 Å². The van der Waals surface area contributed by atoms with Crippen molar-refractivity contribution < 1.29 is 17.9 Å².